The van der Waals surface area contributed by atoms with Crippen LogP contribution in [0.25, 0.3) is 10.4 Å². The predicted molar refractivity (Wildman–Crippen MR) is 112 cm³/mol. The number of aliphatic hydroxyl groups is 1. The van der Waals surface area contributed by atoms with E-state index in [9.17, 15) is 14.7 Å². The minimum Gasteiger partial charge on any atom is -0.462 e. The second-order valence-corrected chi connectivity index (χ2v) is 6.82. The van der Waals surface area contributed by atoms with Gasteiger partial charge in [0, 0.05) is 4.91 Å². The molecule has 164 valence electrons. The maximum absolute atomic E-state index is 12.1. The fourth-order valence-electron chi connectivity index (χ4n) is 2.62. The summed E-state index contributed by atoms with van der Waals surface area (Å²) in [4.78, 5) is 27.0. The standard InChI is InChI=1S/C22H25N3O6/c1-15(26)20(14-30-22(28)18-11-7-4-8-12-18)31-16(2)19(24-25-23)13-29-21(27)17-9-5-3-6-10-17/h3-12,15-16,19-20,26H,13-14H2,1-2H3/t15-,16+,19-,20?/m0/s1. The molecule has 1 N–H and O–H groups in total. The second-order valence-electron chi connectivity index (χ2n) is 6.82. The van der Waals surface area contributed by atoms with Gasteiger partial charge in [-0.3, -0.25) is 0 Å². The van der Waals surface area contributed by atoms with Gasteiger partial charge in [0.1, 0.15) is 19.3 Å². The highest BCUT2D eigenvalue weighted by atomic mass is 16.6. The molecule has 0 saturated heterocycles. The molecule has 4 atom stereocenters. The zero-order valence-corrected chi connectivity index (χ0v) is 17.3. The van der Waals surface area contributed by atoms with Crippen molar-refractivity contribution in [2.45, 2.75) is 38.2 Å². The molecule has 0 bridgehead atoms. The van der Waals surface area contributed by atoms with E-state index < -0.39 is 36.3 Å². The summed E-state index contributed by atoms with van der Waals surface area (Å²) < 4.78 is 16.2. The molecule has 2 rings (SSSR count). The van der Waals surface area contributed by atoms with E-state index in [1.54, 1.807) is 67.6 Å². The molecule has 9 nitrogen and oxygen atoms in total. The Balaban J connectivity index is 1.94. The molecule has 0 heterocycles. The van der Waals surface area contributed by atoms with Gasteiger partial charge in [-0.2, -0.15) is 0 Å². The van der Waals surface area contributed by atoms with Crippen LogP contribution < -0.4 is 0 Å². The van der Waals surface area contributed by atoms with E-state index in [0.717, 1.165) is 0 Å². The first-order chi connectivity index (χ1) is 14.9. The Labute approximate surface area is 180 Å². The molecule has 0 saturated carbocycles. The minimum absolute atomic E-state index is 0.206. The van der Waals surface area contributed by atoms with E-state index in [0.29, 0.717) is 11.1 Å². The van der Waals surface area contributed by atoms with Crippen molar-refractivity contribution in [1.82, 2.24) is 0 Å². The highest BCUT2D eigenvalue weighted by Gasteiger charge is 2.26. The number of hydrogen-bond acceptors (Lipinski definition) is 7. The lowest BCUT2D eigenvalue weighted by Gasteiger charge is -2.27. The van der Waals surface area contributed by atoms with Crippen molar-refractivity contribution in [3.8, 4) is 0 Å². The lowest BCUT2D eigenvalue weighted by Crippen LogP contribution is -2.40. The van der Waals surface area contributed by atoms with Crippen molar-refractivity contribution in [3.63, 3.8) is 0 Å². The average molecular weight is 427 g/mol. The van der Waals surface area contributed by atoms with Gasteiger partial charge in [-0.15, -0.1) is 0 Å². The number of benzene rings is 2. The van der Waals surface area contributed by atoms with E-state index in [4.69, 9.17) is 19.7 Å². The number of azide groups is 1. The van der Waals surface area contributed by atoms with Gasteiger partial charge in [-0.25, -0.2) is 9.59 Å². The summed E-state index contributed by atoms with van der Waals surface area (Å²) in [5, 5.41) is 13.7. The number of carbonyl (C=O) groups is 2. The van der Waals surface area contributed by atoms with Crippen molar-refractivity contribution in [2.24, 2.45) is 5.11 Å². The first kappa shape index (κ1) is 23.9. The zero-order chi connectivity index (χ0) is 22.6. The molecule has 0 aromatic heterocycles. The number of hydrogen-bond donors (Lipinski definition) is 1. The molecule has 0 spiro atoms. The molecule has 9 heteroatoms. The van der Waals surface area contributed by atoms with Crippen LogP contribution in [0.1, 0.15) is 34.6 Å². The number of ether oxygens (including phenoxy) is 3. The van der Waals surface area contributed by atoms with Crippen LogP contribution in [0.4, 0.5) is 0 Å². The third-order valence-electron chi connectivity index (χ3n) is 4.45. The smallest absolute Gasteiger partial charge is 0.338 e. The Morgan fingerprint density at radius 2 is 1.42 bits per heavy atom. The normalized spacial score (nSPS) is 14.4. The van der Waals surface area contributed by atoms with Crippen LogP contribution in [0.15, 0.2) is 65.8 Å². The van der Waals surface area contributed by atoms with Crippen molar-refractivity contribution in [3.05, 3.63) is 82.2 Å². The summed E-state index contributed by atoms with van der Waals surface area (Å²) >= 11 is 0. The van der Waals surface area contributed by atoms with Gasteiger partial charge in [0.2, 0.25) is 0 Å². The third-order valence-corrected chi connectivity index (χ3v) is 4.45. The first-order valence-corrected chi connectivity index (χ1v) is 9.74. The van der Waals surface area contributed by atoms with E-state index >= 15 is 0 Å². The van der Waals surface area contributed by atoms with Crippen molar-refractivity contribution < 1.29 is 28.9 Å². The lowest BCUT2D eigenvalue weighted by molar-refractivity contribution is -0.0998. The number of aliphatic hydroxyl groups excluding tert-OH is 1. The molecule has 0 aliphatic heterocycles. The van der Waals surface area contributed by atoms with E-state index in [1.165, 1.54) is 6.92 Å². The van der Waals surface area contributed by atoms with E-state index in [1.807, 2.05) is 0 Å². The third kappa shape index (κ3) is 7.75. The minimum atomic E-state index is -0.968. The van der Waals surface area contributed by atoms with Crippen LogP contribution in [-0.4, -0.2) is 54.6 Å². The van der Waals surface area contributed by atoms with Crippen molar-refractivity contribution >= 4 is 11.9 Å². The molecule has 2 aromatic rings. The Hall–Kier alpha value is -3.39. The Morgan fingerprint density at radius 1 is 0.935 bits per heavy atom. The number of esters is 2. The summed E-state index contributed by atoms with van der Waals surface area (Å²) in [6.07, 6.45) is -2.57. The summed E-state index contributed by atoms with van der Waals surface area (Å²) in [5.74, 6) is -1.11. The van der Waals surface area contributed by atoms with E-state index in [2.05, 4.69) is 10.0 Å². The largest absolute Gasteiger partial charge is 0.462 e. The van der Waals surface area contributed by atoms with Gasteiger partial charge < -0.3 is 19.3 Å². The van der Waals surface area contributed by atoms with Crippen LogP contribution >= 0.6 is 0 Å². The van der Waals surface area contributed by atoms with Gasteiger partial charge in [-0.05, 0) is 43.6 Å². The Bertz CT molecular complexity index is 885. The first-order valence-electron chi connectivity index (χ1n) is 9.74. The molecule has 0 fully saturated rings. The van der Waals surface area contributed by atoms with Crippen LogP contribution in [-0.2, 0) is 14.2 Å². The Morgan fingerprint density at radius 3 is 1.87 bits per heavy atom. The SMILES string of the molecule is C[C@H](O)C(COC(=O)c1ccccc1)O[C@H](C)[C@H](COC(=O)c1ccccc1)N=[N+]=[N-]. The molecular formula is C22H25N3O6. The van der Waals surface area contributed by atoms with Gasteiger partial charge >= 0.3 is 11.9 Å². The van der Waals surface area contributed by atoms with Gasteiger partial charge in [0.25, 0.3) is 0 Å². The monoisotopic (exact) mass is 427 g/mol. The number of carbonyl (C=O) groups excluding carboxylic acids is 2. The predicted octanol–water partition coefficient (Wildman–Crippen LogP) is 3.53. The molecular weight excluding hydrogens is 402 g/mol. The fraction of sp³-hybridized carbons (Fsp3) is 0.364. The van der Waals surface area contributed by atoms with Crippen molar-refractivity contribution in [2.75, 3.05) is 13.2 Å². The molecule has 31 heavy (non-hydrogen) atoms. The highest BCUT2D eigenvalue weighted by Crippen LogP contribution is 2.13. The average Bonchev–Trinajstić information content (AvgIpc) is 2.79. The fourth-order valence-corrected chi connectivity index (χ4v) is 2.62. The molecule has 0 radical (unpaired) electrons. The van der Waals surface area contributed by atoms with Crippen molar-refractivity contribution in [1.29, 1.82) is 0 Å². The molecule has 2 aromatic carbocycles. The van der Waals surface area contributed by atoms with Gasteiger partial charge in [0.15, 0.2) is 0 Å². The van der Waals surface area contributed by atoms with Crippen LogP contribution in [0, 0.1) is 0 Å². The maximum atomic E-state index is 12.1. The summed E-state index contributed by atoms with van der Waals surface area (Å²) in [7, 11) is 0. The van der Waals surface area contributed by atoms with Gasteiger partial charge in [-0.1, -0.05) is 41.5 Å². The quantitative estimate of drug-likeness (QED) is 0.253. The molecule has 0 amide bonds. The van der Waals surface area contributed by atoms with E-state index in [-0.39, 0.29) is 13.2 Å². The molecule has 0 aliphatic rings. The topological polar surface area (TPSA) is 131 Å². The summed E-state index contributed by atoms with van der Waals surface area (Å²) in [6, 6.07) is 16.0. The number of nitrogens with zero attached hydrogens (tertiary/aromatic N) is 3. The second kappa shape index (κ2) is 12.3. The van der Waals surface area contributed by atoms with Gasteiger partial charge in [0.05, 0.1) is 29.4 Å². The molecule has 1 unspecified atom stereocenters. The summed E-state index contributed by atoms with van der Waals surface area (Å²) in [5.41, 5.74) is 9.60. The lowest BCUT2D eigenvalue weighted by atomic mass is 10.1. The van der Waals surface area contributed by atoms with Crippen LogP contribution in [0.3, 0.4) is 0 Å². The highest BCUT2D eigenvalue weighted by molar-refractivity contribution is 5.89. The summed E-state index contributed by atoms with van der Waals surface area (Å²) in [6.45, 7) is 2.69. The zero-order valence-electron chi connectivity index (χ0n) is 17.3. The Kier molecular flexibility index (Phi) is 9.51. The maximum Gasteiger partial charge on any atom is 0.338 e. The van der Waals surface area contributed by atoms with Crippen LogP contribution in [0.2, 0.25) is 0 Å². The number of rotatable bonds is 11. The van der Waals surface area contributed by atoms with Crippen LogP contribution in [0.5, 0.6) is 0 Å². The molecule has 0 aliphatic carbocycles.